The van der Waals surface area contributed by atoms with Crippen LogP contribution in [0.2, 0.25) is 0 Å². The van der Waals surface area contributed by atoms with Crippen LogP contribution < -0.4 is 5.32 Å². The maximum atomic E-state index is 9.55. The Bertz CT molecular complexity index is 364. The van der Waals surface area contributed by atoms with E-state index in [-0.39, 0.29) is 18.2 Å². The SMILES string of the molecule is CC1(C)CC(N[C@@H](CO)c2ccccc2)CCO1. The Hall–Kier alpha value is -0.900. The van der Waals surface area contributed by atoms with Crippen LogP contribution in [0.5, 0.6) is 0 Å². The molecule has 0 radical (unpaired) electrons. The highest BCUT2D eigenvalue weighted by Gasteiger charge is 2.30. The normalized spacial score (nSPS) is 24.7. The van der Waals surface area contributed by atoms with Gasteiger partial charge in [0.05, 0.1) is 18.2 Å². The fourth-order valence-electron chi connectivity index (χ4n) is 2.60. The van der Waals surface area contributed by atoms with Gasteiger partial charge in [0, 0.05) is 12.6 Å². The van der Waals surface area contributed by atoms with Gasteiger partial charge in [-0.15, -0.1) is 0 Å². The molecule has 100 valence electrons. The van der Waals surface area contributed by atoms with Crippen LogP contribution in [0.3, 0.4) is 0 Å². The van der Waals surface area contributed by atoms with Crippen LogP contribution >= 0.6 is 0 Å². The zero-order chi connectivity index (χ0) is 13.0. The molecule has 0 bridgehead atoms. The monoisotopic (exact) mass is 249 g/mol. The lowest BCUT2D eigenvalue weighted by atomic mass is 9.93. The van der Waals surface area contributed by atoms with Gasteiger partial charge in [-0.3, -0.25) is 0 Å². The molecule has 1 unspecified atom stereocenters. The maximum Gasteiger partial charge on any atom is 0.0641 e. The molecule has 1 aliphatic rings. The molecule has 1 aromatic rings. The minimum Gasteiger partial charge on any atom is -0.394 e. The fourth-order valence-corrected chi connectivity index (χ4v) is 2.60. The van der Waals surface area contributed by atoms with Crippen molar-refractivity contribution in [1.29, 1.82) is 0 Å². The Balaban J connectivity index is 1.98. The van der Waals surface area contributed by atoms with E-state index in [4.69, 9.17) is 4.74 Å². The van der Waals surface area contributed by atoms with Crippen molar-refractivity contribution in [3.05, 3.63) is 35.9 Å². The van der Waals surface area contributed by atoms with Gasteiger partial charge in [0.15, 0.2) is 0 Å². The minimum absolute atomic E-state index is 0.0186. The number of aliphatic hydroxyl groups is 1. The van der Waals surface area contributed by atoms with Crippen LogP contribution in [-0.4, -0.2) is 30.0 Å². The maximum absolute atomic E-state index is 9.55. The summed E-state index contributed by atoms with van der Waals surface area (Å²) in [6.07, 6.45) is 1.99. The second-order valence-electron chi connectivity index (χ2n) is 5.61. The van der Waals surface area contributed by atoms with Crippen molar-refractivity contribution in [3.8, 4) is 0 Å². The van der Waals surface area contributed by atoms with E-state index >= 15 is 0 Å². The average molecular weight is 249 g/mol. The van der Waals surface area contributed by atoms with Crippen LogP contribution in [0.15, 0.2) is 30.3 Å². The van der Waals surface area contributed by atoms with Crippen LogP contribution in [0, 0.1) is 0 Å². The summed E-state index contributed by atoms with van der Waals surface area (Å²) in [5.74, 6) is 0. The summed E-state index contributed by atoms with van der Waals surface area (Å²) < 4.78 is 5.71. The molecule has 2 atom stereocenters. The molecule has 2 rings (SSSR count). The van der Waals surface area contributed by atoms with Gasteiger partial charge in [-0.05, 0) is 32.3 Å². The number of hydrogen-bond donors (Lipinski definition) is 2. The van der Waals surface area contributed by atoms with Gasteiger partial charge in [0.25, 0.3) is 0 Å². The van der Waals surface area contributed by atoms with Crippen molar-refractivity contribution < 1.29 is 9.84 Å². The molecular formula is C15H23NO2. The lowest BCUT2D eigenvalue weighted by molar-refractivity contribution is -0.0649. The highest BCUT2D eigenvalue weighted by molar-refractivity contribution is 5.19. The van der Waals surface area contributed by atoms with Crippen molar-refractivity contribution in [2.24, 2.45) is 0 Å². The molecule has 1 fully saturated rings. The zero-order valence-electron chi connectivity index (χ0n) is 11.2. The Morgan fingerprint density at radius 3 is 2.72 bits per heavy atom. The molecule has 0 saturated carbocycles. The number of hydrogen-bond acceptors (Lipinski definition) is 3. The molecular weight excluding hydrogens is 226 g/mol. The summed E-state index contributed by atoms with van der Waals surface area (Å²) >= 11 is 0. The van der Waals surface area contributed by atoms with Gasteiger partial charge in [-0.1, -0.05) is 30.3 Å². The van der Waals surface area contributed by atoms with Gasteiger partial charge in [0.1, 0.15) is 0 Å². The summed E-state index contributed by atoms with van der Waals surface area (Å²) in [6.45, 7) is 5.16. The largest absolute Gasteiger partial charge is 0.394 e. The van der Waals surface area contributed by atoms with E-state index < -0.39 is 0 Å². The molecule has 3 heteroatoms. The Kier molecular flexibility index (Phi) is 4.38. The second kappa shape index (κ2) is 5.83. The molecule has 0 aromatic heterocycles. The molecule has 1 saturated heterocycles. The molecule has 2 N–H and O–H groups in total. The van der Waals surface area contributed by atoms with Crippen LogP contribution in [0.4, 0.5) is 0 Å². The van der Waals surface area contributed by atoms with Crippen molar-refractivity contribution in [3.63, 3.8) is 0 Å². The molecule has 18 heavy (non-hydrogen) atoms. The summed E-state index contributed by atoms with van der Waals surface area (Å²) in [6, 6.07) is 10.5. The molecule has 0 aliphatic carbocycles. The Morgan fingerprint density at radius 1 is 1.39 bits per heavy atom. The standard InChI is InChI=1S/C15H23NO2/c1-15(2)10-13(8-9-18-15)16-14(11-17)12-6-4-3-5-7-12/h3-7,13-14,16-17H,8-11H2,1-2H3/t13?,14-/m0/s1. The third kappa shape index (κ3) is 3.55. The average Bonchev–Trinajstić information content (AvgIpc) is 2.36. The number of benzene rings is 1. The highest BCUT2D eigenvalue weighted by atomic mass is 16.5. The van der Waals surface area contributed by atoms with Crippen LogP contribution in [0.1, 0.15) is 38.3 Å². The molecule has 1 aliphatic heterocycles. The molecule has 0 amide bonds. The predicted molar refractivity (Wildman–Crippen MR) is 72.5 cm³/mol. The van der Waals surface area contributed by atoms with Gasteiger partial charge in [-0.25, -0.2) is 0 Å². The van der Waals surface area contributed by atoms with Gasteiger partial charge in [-0.2, -0.15) is 0 Å². The third-order valence-electron chi connectivity index (χ3n) is 3.52. The number of nitrogens with one attached hydrogen (secondary N) is 1. The van der Waals surface area contributed by atoms with E-state index in [1.807, 2.05) is 18.2 Å². The van der Waals surface area contributed by atoms with E-state index in [1.54, 1.807) is 0 Å². The van der Waals surface area contributed by atoms with Crippen LogP contribution in [0.25, 0.3) is 0 Å². The minimum atomic E-state index is -0.0629. The molecule has 1 aromatic carbocycles. The summed E-state index contributed by atoms with van der Waals surface area (Å²) in [5, 5.41) is 13.1. The lowest BCUT2D eigenvalue weighted by Crippen LogP contribution is -2.45. The number of aliphatic hydroxyl groups excluding tert-OH is 1. The summed E-state index contributed by atoms with van der Waals surface area (Å²) in [7, 11) is 0. The predicted octanol–water partition coefficient (Wildman–Crippen LogP) is 2.27. The first-order valence-corrected chi connectivity index (χ1v) is 6.66. The number of rotatable bonds is 4. The smallest absolute Gasteiger partial charge is 0.0641 e. The number of ether oxygens (including phenoxy) is 1. The molecule has 3 nitrogen and oxygen atoms in total. The first-order valence-electron chi connectivity index (χ1n) is 6.66. The lowest BCUT2D eigenvalue weighted by Gasteiger charge is -2.37. The van der Waals surface area contributed by atoms with Crippen molar-refractivity contribution in [1.82, 2.24) is 5.32 Å². The van der Waals surface area contributed by atoms with Crippen molar-refractivity contribution in [2.45, 2.75) is 44.4 Å². The van der Waals surface area contributed by atoms with Gasteiger partial charge >= 0.3 is 0 Å². The third-order valence-corrected chi connectivity index (χ3v) is 3.52. The second-order valence-corrected chi connectivity index (χ2v) is 5.61. The van der Waals surface area contributed by atoms with Crippen molar-refractivity contribution >= 4 is 0 Å². The van der Waals surface area contributed by atoms with E-state index in [0.717, 1.165) is 25.0 Å². The van der Waals surface area contributed by atoms with Gasteiger partial charge in [0.2, 0.25) is 0 Å². The van der Waals surface area contributed by atoms with E-state index in [1.165, 1.54) is 0 Å². The van der Waals surface area contributed by atoms with Gasteiger partial charge < -0.3 is 15.2 Å². The van der Waals surface area contributed by atoms with Crippen molar-refractivity contribution in [2.75, 3.05) is 13.2 Å². The van der Waals surface area contributed by atoms with Crippen LogP contribution in [-0.2, 0) is 4.74 Å². The van der Waals surface area contributed by atoms with E-state index in [2.05, 4.69) is 31.3 Å². The summed E-state index contributed by atoms with van der Waals surface area (Å²) in [5.41, 5.74) is 1.08. The quantitative estimate of drug-likeness (QED) is 0.860. The first kappa shape index (κ1) is 13.5. The highest BCUT2D eigenvalue weighted by Crippen LogP contribution is 2.25. The summed E-state index contributed by atoms with van der Waals surface area (Å²) in [4.78, 5) is 0. The van der Waals surface area contributed by atoms with E-state index in [0.29, 0.717) is 6.04 Å². The molecule has 1 heterocycles. The first-order chi connectivity index (χ1) is 8.61. The Labute approximate surface area is 109 Å². The molecule has 0 spiro atoms. The fraction of sp³-hybridized carbons (Fsp3) is 0.600. The van der Waals surface area contributed by atoms with E-state index in [9.17, 15) is 5.11 Å². The zero-order valence-corrected chi connectivity index (χ0v) is 11.2. The Morgan fingerprint density at radius 2 is 2.11 bits per heavy atom. The topological polar surface area (TPSA) is 41.5 Å².